The molecule has 0 aliphatic heterocycles. The van der Waals surface area contributed by atoms with Gasteiger partial charge in [-0.25, -0.2) is 0 Å². The topological polar surface area (TPSA) is 26.0 Å². The van der Waals surface area contributed by atoms with Crippen molar-refractivity contribution >= 4 is 0 Å². The van der Waals surface area contributed by atoms with E-state index in [0.29, 0.717) is 0 Å². The molecule has 19 heavy (non-hydrogen) atoms. The fourth-order valence-electron chi connectivity index (χ4n) is 2.36. The Morgan fingerprint density at radius 2 is 1.53 bits per heavy atom. The lowest BCUT2D eigenvalue weighted by molar-refractivity contribution is 0.554. The summed E-state index contributed by atoms with van der Waals surface area (Å²) in [6.45, 7) is 8.99. The predicted octanol–water partition coefficient (Wildman–Crippen LogP) is 5.34. The van der Waals surface area contributed by atoms with Crippen LogP contribution in [0.4, 0.5) is 0 Å². The zero-order valence-corrected chi connectivity index (χ0v) is 13.2. The van der Waals surface area contributed by atoms with E-state index in [1.54, 1.807) is 0 Å². The van der Waals surface area contributed by atoms with Crippen molar-refractivity contribution in [2.75, 3.05) is 0 Å². The van der Waals surface area contributed by atoms with Gasteiger partial charge in [-0.1, -0.05) is 84.1 Å². The van der Waals surface area contributed by atoms with Crippen molar-refractivity contribution in [1.29, 1.82) is 0 Å². The third-order valence-corrected chi connectivity index (χ3v) is 3.82. The van der Waals surface area contributed by atoms with Gasteiger partial charge in [0.1, 0.15) is 0 Å². The lowest BCUT2D eigenvalue weighted by Crippen LogP contribution is -2.13. The van der Waals surface area contributed by atoms with Crippen LogP contribution in [0.3, 0.4) is 0 Å². The number of rotatable bonds is 7. The number of unbranched alkanes of at least 4 members (excludes halogenated alkanes) is 4. The average molecular weight is 261 g/mol. The number of hydrogen-bond donors (Lipinski definition) is 1. The summed E-state index contributed by atoms with van der Waals surface area (Å²) in [6, 6.07) is 9.07. The molecule has 0 fully saturated rings. The van der Waals surface area contributed by atoms with Crippen molar-refractivity contribution in [1.82, 2.24) is 0 Å². The lowest BCUT2D eigenvalue weighted by Gasteiger charge is -2.20. The standard InChI is InChI=1S/C18H31N/c1-5-6-7-8-9-10-17(19)15-11-13-16(14-12-15)18(2,3)4/h11-14,17H,5-10,19H2,1-4H3. The summed E-state index contributed by atoms with van der Waals surface area (Å²) < 4.78 is 0. The highest BCUT2D eigenvalue weighted by molar-refractivity contribution is 5.29. The molecule has 0 aliphatic carbocycles. The Balaban J connectivity index is 2.42. The Labute approximate surface area is 119 Å². The maximum atomic E-state index is 6.27. The van der Waals surface area contributed by atoms with E-state index >= 15 is 0 Å². The predicted molar refractivity (Wildman–Crippen MR) is 85.4 cm³/mol. The van der Waals surface area contributed by atoms with Crippen molar-refractivity contribution < 1.29 is 0 Å². The van der Waals surface area contributed by atoms with Gasteiger partial charge in [-0.2, -0.15) is 0 Å². The molecular formula is C18H31N. The lowest BCUT2D eigenvalue weighted by atomic mass is 9.86. The minimum Gasteiger partial charge on any atom is -0.324 e. The molecule has 1 heteroatoms. The summed E-state index contributed by atoms with van der Waals surface area (Å²) >= 11 is 0. The second kappa shape index (κ2) is 7.69. The molecule has 0 aliphatic rings. The molecule has 2 N–H and O–H groups in total. The summed E-state index contributed by atoms with van der Waals surface area (Å²) in [7, 11) is 0. The number of hydrogen-bond acceptors (Lipinski definition) is 1. The maximum Gasteiger partial charge on any atom is 0.0294 e. The van der Waals surface area contributed by atoms with E-state index in [4.69, 9.17) is 5.73 Å². The molecule has 0 aromatic heterocycles. The van der Waals surface area contributed by atoms with Crippen LogP contribution < -0.4 is 5.73 Å². The third-order valence-electron chi connectivity index (χ3n) is 3.82. The first kappa shape index (κ1) is 16.2. The van der Waals surface area contributed by atoms with E-state index in [9.17, 15) is 0 Å². The molecule has 0 amide bonds. The van der Waals surface area contributed by atoms with Gasteiger partial charge in [-0.3, -0.25) is 0 Å². The summed E-state index contributed by atoms with van der Waals surface area (Å²) in [4.78, 5) is 0. The molecule has 0 radical (unpaired) electrons. The van der Waals surface area contributed by atoms with Gasteiger partial charge in [-0.15, -0.1) is 0 Å². The zero-order chi connectivity index (χ0) is 14.3. The Morgan fingerprint density at radius 3 is 2.05 bits per heavy atom. The molecule has 1 aromatic rings. The number of nitrogens with two attached hydrogens (primary N) is 1. The highest BCUT2D eigenvalue weighted by Gasteiger charge is 2.14. The largest absolute Gasteiger partial charge is 0.324 e. The Morgan fingerprint density at radius 1 is 0.947 bits per heavy atom. The molecule has 1 aromatic carbocycles. The van der Waals surface area contributed by atoms with Crippen LogP contribution in [0.5, 0.6) is 0 Å². The third kappa shape index (κ3) is 5.78. The van der Waals surface area contributed by atoms with Gasteiger partial charge in [0.25, 0.3) is 0 Å². The first-order chi connectivity index (χ1) is 8.95. The van der Waals surface area contributed by atoms with E-state index < -0.39 is 0 Å². The Kier molecular flexibility index (Phi) is 6.57. The SMILES string of the molecule is CCCCCCCC(N)c1ccc(C(C)(C)C)cc1. The van der Waals surface area contributed by atoms with E-state index in [1.165, 1.54) is 43.2 Å². The Hall–Kier alpha value is -0.820. The fraction of sp³-hybridized carbons (Fsp3) is 0.667. The van der Waals surface area contributed by atoms with E-state index in [-0.39, 0.29) is 11.5 Å². The van der Waals surface area contributed by atoms with Gasteiger partial charge in [0.15, 0.2) is 0 Å². The molecule has 1 nitrogen and oxygen atoms in total. The van der Waals surface area contributed by atoms with Crippen molar-refractivity contribution in [2.24, 2.45) is 5.73 Å². The minimum atomic E-state index is 0.204. The van der Waals surface area contributed by atoms with Crippen molar-refractivity contribution in [3.63, 3.8) is 0 Å². The molecule has 1 rings (SSSR count). The molecule has 1 unspecified atom stereocenters. The highest BCUT2D eigenvalue weighted by Crippen LogP contribution is 2.25. The molecule has 1 atom stereocenters. The minimum absolute atomic E-state index is 0.204. The van der Waals surface area contributed by atoms with Crippen LogP contribution in [-0.4, -0.2) is 0 Å². The van der Waals surface area contributed by atoms with Crippen LogP contribution >= 0.6 is 0 Å². The second-order valence-electron chi connectivity index (χ2n) is 6.68. The summed E-state index contributed by atoms with van der Waals surface area (Å²) in [5, 5.41) is 0. The molecule has 0 saturated carbocycles. The van der Waals surface area contributed by atoms with Gasteiger partial charge in [-0.05, 0) is 23.0 Å². The Bertz CT molecular complexity index is 345. The van der Waals surface area contributed by atoms with Gasteiger partial charge in [0.05, 0.1) is 0 Å². The average Bonchev–Trinajstić information content (AvgIpc) is 2.37. The van der Waals surface area contributed by atoms with Crippen LogP contribution in [0.15, 0.2) is 24.3 Å². The fourth-order valence-corrected chi connectivity index (χ4v) is 2.36. The normalized spacial score (nSPS) is 13.5. The van der Waals surface area contributed by atoms with E-state index in [2.05, 4.69) is 52.0 Å². The van der Waals surface area contributed by atoms with E-state index in [1.807, 2.05) is 0 Å². The van der Waals surface area contributed by atoms with Gasteiger partial charge in [0, 0.05) is 6.04 Å². The van der Waals surface area contributed by atoms with Crippen LogP contribution in [-0.2, 0) is 5.41 Å². The van der Waals surface area contributed by atoms with Crippen molar-refractivity contribution in [3.8, 4) is 0 Å². The maximum absolute atomic E-state index is 6.27. The summed E-state index contributed by atoms with van der Waals surface area (Å²) in [5.74, 6) is 0. The van der Waals surface area contributed by atoms with Gasteiger partial charge in [0.2, 0.25) is 0 Å². The van der Waals surface area contributed by atoms with Crippen molar-refractivity contribution in [2.45, 2.75) is 77.7 Å². The highest BCUT2D eigenvalue weighted by atomic mass is 14.6. The monoisotopic (exact) mass is 261 g/mol. The molecule has 0 saturated heterocycles. The van der Waals surface area contributed by atoms with Crippen LogP contribution in [0, 0.1) is 0 Å². The van der Waals surface area contributed by atoms with Crippen molar-refractivity contribution in [3.05, 3.63) is 35.4 Å². The molecular weight excluding hydrogens is 230 g/mol. The van der Waals surface area contributed by atoms with Gasteiger partial charge < -0.3 is 5.73 Å². The second-order valence-corrected chi connectivity index (χ2v) is 6.68. The van der Waals surface area contributed by atoms with E-state index in [0.717, 1.165) is 6.42 Å². The zero-order valence-electron chi connectivity index (χ0n) is 13.2. The summed E-state index contributed by atoms with van der Waals surface area (Å²) in [6.07, 6.45) is 7.70. The van der Waals surface area contributed by atoms with Crippen LogP contribution in [0.25, 0.3) is 0 Å². The smallest absolute Gasteiger partial charge is 0.0294 e. The molecule has 108 valence electrons. The first-order valence-electron chi connectivity index (χ1n) is 7.81. The number of benzene rings is 1. The van der Waals surface area contributed by atoms with Gasteiger partial charge >= 0.3 is 0 Å². The van der Waals surface area contributed by atoms with Crippen LogP contribution in [0.2, 0.25) is 0 Å². The summed E-state index contributed by atoms with van der Waals surface area (Å²) in [5.41, 5.74) is 9.16. The first-order valence-corrected chi connectivity index (χ1v) is 7.81. The van der Waals surface area contributed by atoms with Crippen LogP contribution in [0.1, 0.15) is 83.4 Å². The molecule has 0 heterocycles. The quantitative estimate of drug-likeness (QED) is 0.658. The molecule has 0 spiro atoms. The molecule has 0 bridgehead atoms.